The number of allylic oxidation sites excluding steroid dienone is 1. The molecule has 168 valence electrons. The Kier molecular flexibility index (Phi) is 6.39. The van der Waals surface area contributed by atoms with Crippen LogP contribution in [0.2, 0.25) is 5.02 Å². The fourth-order valence-corrected chi connectivity index (χ4v) is 4.23. The van der Waals surface area contributed by atoms with Crippen molar-refractivity contribution in [2.45, 2.75) is 26.8 Å². The average molecular weight is 461 g/mol. The molecule has 1 amide bonds. The van der Waals surface area contributed by atoms with Crippen LogP contribution in [0.25, 0.3) is 28.0 Å². The first-order valence-electron chi connectivity index (χ1n) is 10.8. The van der Waals surface area contributed by atoms with Crippen molar-refractivity contribution in [1.29, 1.82) is 0 Å². The van der Waals surface area contributed by atoms with Crippen LogP contribution in [0.5, 0.6) is 0 Å². The van der Waals surface area contributed by atoms with Crippen LogP contribution >= 0.6 is 11.6 Å². The number of nitrogens with two attached hydrogens (primary N) is 1. The SMILES string of the molecule is CC(C)(Cn1c(-c2cccc(Cl)c2)c(/C(F)=C/Cc2ccccc2)c2ccccc21)C(N)=O. The van der Waals surface area contributed by atoms with Crippen molar-refractivity contribution in [3.05, 3.63) is 101 Å². The van der Waals surface area contributed by atoms with Crippen LogP contribution in [0.1, 0.15) is 25.0 Å². The smallest absolute Gasteiger partial charge is 0.224 e. The summed E-state index contributed by atoms with van der Waals surface area (Å²) in [5.74, 6) is -0.736. The number of hydrogen-bond acceptors (Lipinski definition) is 1. The number of amides is 1. The van der Waals surface area contributed by atoms with E-state index in [4.69, 9.17) is 17.3 Å². The van der Waals surface area contributed by atoms with Gasteiger partial charge in [-0.05, 0) is 50.1 Å². The van der Waals surface area contributed by atoms with Crippen molar-refractivity contribution < 1.29 is 9.18 Å². The van der Waals surface area contributed by atoms with Crippen molar-refractivity contribution >= 4 is 34.2 Å². The first-order chi connectivity index (χ1) is 15.8. The summed E-state index contributed by atoms with van der Waals surface area (Å²) in [6.45, 7) is 3.90. The molecule has 1 heterocycles. The lowest BCUT2D eigenvalue weighted by molar-refractivity contribution is -0.126. The summed E-state index contributed by atoms with van der Waals surface area (Å²) in [5.41, 5.74) is 8.66. The third kappa shape index (κ3) is 4.71. The molecule has 3 aromatic carbocycles. The van der Waals surface area contributed by atoms with Crippen molar-refractivity contribution in [2.75, 3.05) is 0 Å². The molecular formula is C28H26ClFN2O. The van der Waals surface area contributed by atoms with E-state index in [0.29, 0.717) is 29.2 Å². The summed E-state index contributed by atoms with van der Waals surface area (Å²) >= 11 is 6.31. The summed E-state index contributed by atoms with van der Waals surface area (Å²) in [5, 5.41) is 1.33. The number of primary amides is 1. The first-order valence-corrected chi connectivity index (χ1v) is 11.2. The molecule has 0 fully saturated rings. The van der Waals surface area contributed by atoms with Gasteiger partial charge in [0.05, 0.1) is 11.1 Å². The quantitative estimate of drug-likeness (QED) is 0.316. The maximum absolute atomic E-state index is 15.9. The highest BCUT2D eigenvalue weighted by atomic mass is 35.5. The lowest BCUT2D eigenvalue weighted by Gasteiger charge is -2.24. The van der Waals surface area contributed by atoms with Crippen molar-refractivity contribution in [1.82, 2.24) is 4.57 Å². The van der Waals surface area contributed by atoms with Gasteiger partial charge in [0.15, 0.2) is 0 Å². The Labute approximate surface area is 198 Å². The molecule has 1 aromatic heterocycles. The molecule has 5 heteroatoms. The van der Waals surface area contributed by atoms with Crippen LogP contribution in [0, 0.1) is 5.41 Å². The lowest BCUT2D eigenvalue weighted by atomic mass is 9.92. The van der Waals surface area contributed by atoms with Crippen LogP contribution in [0.3, 0.4) is 0 Å². The molecule has 0 aliphatic heterocycles. The first kappa shape index (κ1) is 22.8. The van der Waals surface area contributed by atoms with Gasteiger partial charge >= 0.3 is 0 Å². The van der Waals surface area contributed by atoms with Gasteiger partial charge in [0.2, 0.25) is 5.91 Å². The van der Waals surface area contributed by atoms with Crippen LogP contribution < -0.4 is 5.73 Å². The molecule has 0 aliphatic rings. The maximum atomic E-state index is 15.9. The number of fused-ring (bicyclic) bond motifs is 1. The number of hydrogen-bond donors (Lipinski definition) is 1. The lowest BCUT2D eigenvalue weighted by Crippen LogP contribution is -2.35. The zero-order valence-corrected chi connectivity index (χ0v) is 19.4. The van der Waals surface area contributed by atoms with Gasteiger partial charge < -0.3 is 10.3 Å². The fourth-order valence-electron chi connectivity index (χ4n) is 4.04. The zero-order chi connectivity index (χ0) is 23.6. The van der Waals surface area contributed by atoms with Crippen molar-refractivity contribution in [2.24, 2.45) is 11.1 Å². The van der Waals surface area contributed by atoms with Crippen LogP contribution in [-0.2, 0) is 17.8 Å². The fraction of sp³-hybridized carbons (Fsp3) is 0.179. The predicted octanol–water partition coefficient (Wildman–Crippen LogP) is 7.03. The summed E-state index contributed by atoms with van der Waals surface area (Å²) < 4.78 is 17.9. The highest BCUT2D eigenvalue weighted by Gasteiger charge is 2.30. The van der Waals surface area contributed by atoms with E-state index in [-0.39, 0.29) is 5.83 Å². The molecule has 0 aliphatic carbocycles. The molecule has 3 nitrogen and oxygen atoms in total. The van der Waals surface area contributed by atoms with Gasteiger partial charge in [0, 0.05) is 33.6 Å². The summed E-state index contributed by atoms with van der Waals surface area (Å²) in [7, 11) is 0. The number of benzene rings is 3. The number of carbonyl (C=O) groups is 1. The molecule has 0 saturated heterocycles. The highest BCUT2D eigenvalue weighted by Crippen LogP contribution is 2.41. The van der Waals surface area contributed by atoms with E-state index in [9.17, 15) is 4.79 Å². The van der Waals surface area contributed by atoms with Crippen LogP contribution in [0.15, 0.2) is 84.9 Å². The van der Waals surface area contributed by atoms with E-state index in [1.807, 2.05) is 77.4 Å². The standard InChI is InChI=1S/C28H26ClFN2O/c1-28(2,27(31)33)18-32-24-14-7-6-13-22(24)25(26(32)20-11-8-12-21(29)17-20)23(30)16-15-19-9-4-3-5-10-19/h3-14,16-17H,15,18H2,1-2H3,(H2,31,33)/b23-16-. The summed E-state index contributed by atoms with van der Waals surface area (Å²) in [4.78, 5) is 12.2. The number of carbonyl (C=O) groups excluding carboxylic acids is 1. The Morgan fingerprint density at radius 1 is 1.03 bits per heavy atom. The van der Waals surface area contributed by atoms with Gasteiger partial charge in [-0.3, -0.25) is 4.79 Å². The normalized spacial score (nSPS) is 12.3. The molecule has 0 radical (unpaired) electrons. The maximum Gasteiger partial charge on any atom is 0.224 e. The second kappa shape index (κ2) is 9.24. The minimum Gasteiger partial charge on any atom is -0.369 e. The highest BCUT2D eigenvalue weighted by molar-refractivity contribution is 6.30. The topological polar surface area (TPSA) is 48.0 Å². The Hall–Kier alpha value is -3.37. The molecule has 0 unspecified atom stereocenters. The van der Waals surface area contributed by atoms with E-state index in [1.165, 1.54) is 0 Å². The van der Waals surface area contributed by atoms with Gasteiger partial charge in [-0.15, -0.1) is 0 Å². The molecule has 33 heavy (non-hydrogen) atoms. The molecule has 2 N–H and O–H groups in total. The number of para-hydroxylation sites is 1. The van der Waals surface area contributed by atoms with Gasteiger partial charge in [0.1, 0.15) is 5.83 Å². The van der Waals surface area contributed by atoms with Gasteiger partial charge in [0.25, 0.3) is 0 Å². The van der Waals surface area contributed by atoms with E-state index >= 15 is 4.39 Å². The minimum atomic E-state index is -0.837. The molecular weight excluding hydrogens is 435 g/mol. The second-order valence-corrected chi connectivity index (χ2v) is 9.26. The van der Waals surface area contributed by atoms with Crippen molar-refractivity contribution in [3.63, 3.8) is 0 Å². The van der Waals surface area contributed by atoms with Crippen LogP contribution in [0.4, 0.5) is 4.39 Å². The number of nitrogens with zero attached hydrogens (tertiary/aromatic N) is 1. The molecule has 0 atom stereocenters. The Morgan fingerprint density at radius 2 is 1.73 bits per heavy atom. The number of rotatable bonds is 7. The average Bonchev–Trinajstić information content (AvgIpc) is 3.12. The Morgan fingerprint density at radius 3 is 2.42 bits per heavy atom. The van der Waals surface area contributed by atoms with E-state index < -0.39 is 11.3 Å². The zero-order valence-electron chi connectivity index (χ0n) is 18.7. The monoisotopic (exact) mass is 460 g/mol. The molecule has 0 saturated carbocycles. The summed E-state index contributed by atoms with van der Waals surface area (Å²) in [6, 6.07) is 24.8. The molecule has 0 bridgehead atoms. The largest absolute Gasteiger partial charge is 0.369 e. The third-order valence-electron chi connectivity index (χ3n) is 5.89. The number of aromatic nitrogens is 1. The second-order valence-electron chi connectivity index (χ2n) is 8.83. The predicted molar refractivity (Wildman–Crippen MR) is 135 cm³/mol. The number of halogens is 2. The van der Waals surface area contributed by atoms with Crippen molar-refractivity contribution in [3.8, 4) is 11.3 Å². The minimum absolute atomic E-state index is 0.302. The van der Waals surface area contributed by atoms with Gasteiger partial charge in [-0.2, -0.15) is 0 Å². The Bertz CT molecular complexity index is 1340. The van der Waals surface area contributed by atoms with Gasteiger partial charge in [-0.25, -0.2) is 4.39 Å². The van der Waals surface area contributed by atoms with E-state index in [1.54, 1.807) is 26.0 Å². The van der Waals surface area contributed by atoms with E-state index in [0.717, 1.165) is 22.0 Å². The molecule has 4 rings (SSSR count). The van der Waals surface area contributed by atoms with Crippen LogP contribution in [-0.4, -0.2) is 10.5 Å². The Balaban J connectivity index is 1.97. The molecule has 0 spiro atoms. The third-order valence-corrected chi connectivity index (χ3v) is 6.12. The van der Waals surface area contributed by atoms with E-state index in [2.05, 4.69) is 0 Å². The molecule has 4 aromatic rings. The summed E-state index contributed by atoms with van der Waals surface area (Å²) in [6.07, 6.45) is 2.07. The van der Waals surface area contributed by atoms with Gasteiger partial charge in [-0.1, -0.05) is 72.3 Å².